The summed E-state index contributed by atoms with van der Waals surface area (Å²) in [5.41, 5.74) is 5.73. The maximum absolute atomic E-state index is 13.0. The van der Waals surface area contributed by atoms with Crippen LogP contribution in [-0.4, -0.2) is 12.1 Å². The van der Waals surface area contributed by atoms with E-state index in [0.29, 0.717) is 5.69 Å². The molecule has 4 nitrogen and oxygen atoms in total. The molecule has 0 spiro atoms. The van der Waals surface area contributed by atoms with E-state index < -0.39 is 5.82 Å². The predicted octanol–water partition coefficient (Wildman–Crippen LogP) is 1.94. The molecule has 15 heavy (non-hydrogen) atoms. The van der Waals surface area contributed by atoms with Crippen molar-refractivity contribution in [1.29, 1.82) is 0 Å². The van der Waals surface area contributed by atoms with Crippen LogP contribution in [0.4, 0.5) is 20.6 Å². The number of benzene rings is 1. The molecule has 5 heteroatoms. The number of nitrogens with one attached hydrogen (secondary N) is 2. The van der Waals surface area contributed by atoms with Crippen LogP contribution in [0.5, 0.6) is 0 Å². The van der Waals surface area contributed by atoms with Crippen molar-refractivity contribution in [2.45, 2.75) is 19.9 Å². The number of urea groups is 1. The first-order valence-corrected chi connectivity index (χ1v) is 4.61. The smallest absolute Gasteiger partial charge is 0.319 e. The van der Waals surface area contributed by atoms with Crippen LogP contribution >= 0.6 is 0 Å². The van der Waals surface area contributed by atoms with Gasteiger partial charge in [0.25, 0.3) is 0 Å². The summed E-state index contributed by atoms with van der Waals surface area (Å²) >= 11 is 0. The quantitative estimate of drug-likeness (QED) is 0.654. The van der Waals surface area contributed by atoms with Crippen LogP contribution in [0.2, 0.25) is 0 Å². The number of carbonyl (C=O) groups is 1. The van der Waals surface area contributed by atoms with Gasteiger partial charge in [-0.05, 0) is 32.0 Å². The van der Waals surface area contributed by atoms with Gasteiger partial charge in [0.05, 0.1) is 5.69 Å². The number of anilines is 2. The van der Waals surface area contributed by atoms with Crippen LogP contribution < -0.4 is 16.4 Å². The van der Waals surface area contributed by atoms with Gasteiger partial charge in [-0.25, -0.2) is 9.18 Å². The third kappa shape index (κ3) is 3.46. The van der Waals surface area contributed by atoms with E-state index in [1.54, 1.807) is 6.07 Å². The highest BCUT2D eigenvalue weighted by atomic mass is 19.1. The standard InChI is InChI=1S/C10H14FN3O/c1-6(2)13-10(15)14-7-3-4-9(12)8(11)5-7/h3-6H,12H2,1-2H3,(H2,13,14,15). The van der Waals surface area contributed by atoms with E-state index >= 15 is 0 Å². The molecule has 82 valence electrons. The lowest BCUT2D eigenvalue weighted by Crippen LogP contribution is -2.34. The lowest BCUT2D eigenvalue weighted by Gasteiger charge is -2.10. The molecule has 0 atom stereocenters. The molecule has 4 N–H and O–H groups in total. The first kappa shape index (κ1) is 11.3. The summed E-state index contributed by atoms with van der Waals surface area (Å²) in [4.78, 5) is 11.2. The molecule has 0 aliphatic heterocycles. The molecule has 1 aromatic rings. The predicted molar refractivity (Wildman–Crippen MR) is 58.1 cm³/mol. The second-order valence-electron chi connectivity index (χ2n) is 3.49. The Morgan fingerprint density at radius 1 is 1.47 bits per heavy atom. The van der Waals surface area contributed by atoms with Gasteiger partial charge in [0.1, 0.15) is 5.82 Å². The Kier molecular flexibility index (Phi) is 3.49. The van der Waals surface area contributed by atoms with Crippen LogP contribution in [0.1, 0.15) is 13.8 Å². The maximum Gasteiger partial charge on any atom is 0.319 e. The van der Waals surface area contributed by atoms with Crippen LogP contribution in [-0.2, 0) is 0 Å². The number of nitrogen functional groups attached to an aromatic ring is 1. The number of carbonyl (C=O) groups excluding carboxylic acids is 1. The highest BCUT2D eigenvalue weighted by molar-refractivity contribution is 5.89. The minimum Gasteiger partial charge on any atom is -0.396 e. The van der Waals surface area contributed by atoms with E-state index in [0.717, 1.165) is 0 Å². The fourth-order valence-corrected chi connectivity index (χ4v) is 1.03. The molecule has 0 saturated heterocycles. The summed E-state index contributed by atoms with van der Waals surface area (Å²) in [6.07, 6.45) is 0. The van der Waals surface area contributed by atoms with Crippen molar-refractivity contribution in [3.05, 3.63) is 24.0 Å². The minimum absolute atomic E-state index is 0.0311. The first-order chi connectivity index (χ1) is 6.99. The van der Waals surface area contributed by atoms with Crippen molar-refractivity contribution in [3.63, 3.8) is 0 Å². The fourth-order valence-electron chi connectivity index (χ4n) is 1.03. The van der Waals surface area contributed by atoms with Crippen molar-refractivity contribution in [2.24, 2.45) is 0 Å². The Morgan fingerprint density at radius 3 is 2.67 bits per heavy atom. The van der Waals surface area contributed by atoms with Crippen molar-refractivity contribution < 1.29 is 9.18 Å². The molecule has 0 aliphatic rings. The Bertz CT molecular complexity index is 366. The largest absolute Gasteiger partial charge is 0.396 e. The van der Waals surface area contributed by atoms with Gasteiger partial charge in [-0.3, -0.25) is 0 Å². The zero-order valence-electron chi connectivity index (χ0n) is 8.67. The van der Waals surface area contributed by atoms with Gasteiger partial charge in [-0.1, -0.05) is 0 Å². The van der Waals surface area contributed by atoms with Crippen LogP contribution in [0, 0.1) is 5.82 Å². The monoisotopic (exact) mass is 211 g/mol. The molecule has 0 aliphatic carbocycles. The van der Waals surface area contributed by atoms with E-state index in [1.807, 2.05) is 13.8 Å². The lowest BCUT2D eigenvalue weighted by atomic mass is 10.3. The number of hydrogen-bond donors (Lipinski definition) is 3. The molecular weight excluding hydrogens is 197 g/mol. The average Bonchev–Trinajstić information content (AvgIpc) is 2.10. The van der Waals surface area contributed by atoms with Gasteiger partial charge in [0, 0.05) is 11.7 Å². The van der Waals surface area contributed by atoms with Crippen LogP contribution in [0.25, 0.3) is 0 Å². The van der Waals surface area contributed by atoms with Gasteiger partial charge >= 0.3 is 6.03 Å². The second kappa shape index (κ2) is 4.63. The number of rotatable bonds is 2. The number of nitrogens with two attached hydrogens (primary N) is 1. The van der Waals surface area contributed by atoms with E-state index in [9.17, 15) is 9.18 Å². The Labute approximate surface area is 87.7 Å². The molecule has 0 aromatic heterocycles. The molecule has 1 rings (SSSR count). The van der Waals surface area contributed by atoms with E-state index in [2.05, 4.69) is 10.6 Å². The third-order valence-corrected chi connectivity index (χ3v) is 1.68. The summed E-state index contributed by atoms with van der Waals surface area (Å²) in [6.45, 7) is 3.67. The second-order valence-corrected chi connectivity index (χ2v) is 3.49. The van der Waals surface area contributed by atoms with Crippen molar-refractivity contribution in [1.82, 2.24) is 5.32 Å². The fraction of sp³-hybridized carbons (Fsp3) is 0.300. The minimum atomic E-state index is -0.544. The molecule has 2 amide bonds. The highest BCUT2D eigenvalue weighted by Gasteiger charge is 2.05. The number of amides is 2. The first-order valence-electron chi connectivity index (χ1n) is 4.61. The summed E-state index contributed by atoms with van der Waals surface area (Å²) in [5.74, 6) is -0.544. The molecule has 0 saturated carbocycles. The van der Waals surface area contributed by atoms with E-state index in [-0.39, 0.29) is 17.8 Å². The molecule has 0 fully saturated rings. The van der Waals surface area contributed by atoms with E-state index in [4.69, 9.17) is 5.73 Å². The molecule has 0 radical (unpaired) electrons. The molecule has 1 aromatic carbocycles. The SMILES string of the molecule is CC(C)NC(=O)Nc1ccc(N)c(F)c1. The summed E-state index contributed by atoms with van der Waals surface area (Å²) in [6, 6.07) is 3.78. The summed E-state index contributed by atoms with van der Waals surface area (Å²) in [5, 5.41) is 5.12. The normalized spacial score (nSPS) is 10.1. The maximum atomic E-state index is 13.0. The van der Waals surface area contributed by atoms with Crippen molar-refractivity contribution in [3.8, 4) is 0 Å². The average molecular weight is 211 g/mol. The summed E-state index contributed by atoms with van der Waals surface area (Å²) in [7, 11) is 0. The van der Waals surface area contributed by atoms with Crippen LogP contribution in [0.15, 0.2) is 18.2 Å². The lowest BCUT2D eigenvalue weighted by molar-refractivity contribution is 0.250. The van der Waals surface area contributed by atoms with Gasteiger partial charge in [-0.15, -0.1) is 0 Å². The van der Waals surface area contributed by atoms with Gasteiger partial charge < -0.3 is 16.4 Å². The molecule has 0 bridgehead atoms. The topological polar surface area (TPSA) is 67.2 Å². The Morgan fingerprint density at radius 2 is 2.13 bits per heavy atom. The number of halogens is 1. The zero-order valence-corrected chi connectivity index (χ0v) is 8.67. The molecular formula is C10H14FN3O. The third-order valence-electron chi connectivity index (χ3n) is 1.68. The van der Waals surface area contributed by atoms with Gasteiger partial charge in [-0.2, -0.15) is 0 Å². The van der Waals surface area contributed by atoms with Gasteiger partial charge in [0.15, 0.2) is 0 Å². The molecule has 0 heterocycles. The van der Waals surface area contributed by atoms with E-state index in [1.165, 1.54) is 12.1 Å². The van der Waals surface area contributed by atoms with Gasteiger partial charge in [0.2, 0.25) is 0 Å². The zero-order chi connectivity index (χ0) is 11.4. The number of hydrogen-bond acceptors (Lipinski definition) is 2. The molecule has 0 unspecified atom stereocenters. The Hall–Kier alpha value is -1.78. The van der Waals surface area contributed by atoms with Crippen molar-refractivity contribution >= 4 is 17.4 Å². The Balaban J connectivity index is 2.65. The highest BCUT2D eigenvalue weighted by Crippen LogP contribution is 2.15. The van der Waals surface area contributed by atoms with Crippen molar-refractivity contribution in [2.75, 3.05) is 11.1 Å². The summed E-state index contributed by atoms with van der Waals surface area (Å²) < 4.78 is 13.0. The van der Waals surface area contributed by atoms with Crippen LogP contribution in [0.3, 0.4) is 0 Å².